The molecule has 86 valence electrons. The van der Waals surface area contributed by atoms with Gasteiger partial charge in [-0.2, -0.15) is 0 Å². The van der Waals surface area contributed by atoms with Gasteiger partial charge in [0.2, 0.25) is 5.70 Å². The van der Waals surface area contributed by atoms with Gasteiger partial charge in [0, 0.05) is 13.0 Å². The number of nitro groups is 1. The van der Waals surface area contributed by atoms with Gasteiger partial charge in [0.1, 0.15) is 5.75 Å². The Labute approximate surface area is 94.7 Å². The number of allylic oxidation sites excluding steroid dienone is 1. The third-order valence-electron chi connectivity index (χ3n) is 1.99. The Balaban J connectivity index is 2.82. The van der Waals surface area contributed by atoms with Gasteiger partial charge in [-0.3, -0.25) is 10.1 Å². The molecule has 16 heavy (non-hydrogen) atoms. The maximum atomic E-state index is 10.5. The van der Waals surface area contributed by atoms with E-state index >= 15 is 0 Å². The molecule has 0 spiro atoms. The van der Waals surface area contributed by atoms with Crippen molar-refractivity contribution >= 4 is 6.08 Å². The van der Waals surface area contributed by atoms with E-state index in [0.717, 1.165) is 17.7 Å². The molecule has 0 radical (unpaired) electrons. The van der Waals surface area contributed by atoms with Crippen molar-refractivity contribution < 1.29 is 9.66 Å². The van der Waals surface area contributed by atoms with Crippen LogP contribution in [0.4, 0.5) is 0 Å². The number of hydrogen-bond acceptors (Lipinski definition) is 3. The first kappa shape index (κ1) is 12.2. The van der Waals surface area contributed by atoms with Gasteiger partial charge in [0.05, 0.1) is 11.5 Å². The molecule has 0 N–H and O–H groups in total. The fourth-order valence-electron chi connectivity index (χ4n) is 1.21. The third-order valence-corrected chi connectivity index (χ3v) is 1.99. The molecular formula is C12H15NO3. The lowest BCUT2D eigenvalue weighted by Gasteiger charge is -2.04. The molecule has 4 heteroatoms. The van der Waals surface area contributed by atoms with Crippen LogP contribution in [-0.4, -0.2) is 11.5 Å². The molecule has 0 unspecified atom stereocenters. The minimum Gasteiger partial charge on any atom is -0.494 e. The molecule has 0 aliphatic rings. The highest BCUT2D eigenvalue weighted by atomic mass is 16.6. The normalized spacial score (nSPS) is 11.2. The molecular weight excluding hydrogens is 206 g/mol. The topological polar surface area (TPSA) is 52.4 Å². The lowest BCUT2D eigenvalue weighted by molar-refractivity contribution is -0.422. The van der Waals surface area contributed by atoms with Crippen molar-refractivity contribution in [2.75, 3.05) is 6.61 Å². The van der Waals surface area contributed by atoms with Crippen LogP contribution in [0.15, 0.2) is 30.0 Å². The Hall–Kier alpha value is -1.84. The van der Waals surface area contributed by atoms with Crippen LogP contribution < -0.4 is 4.74 Å². The summed E-state index contributed by atoms with van der Waals surface area (Å²) in [5, 5.41) is 10.5. The molecule has 1 aromatic carbocycles. The van der Waals surface area contributed by atoms with Gasteiger partial charge in [-0.1, -0.05) is 19.1 Å². The standard InChI is InChI=1S/C12H15NO3/c1-3-7-16-12-6-4-5-11(9-12)8-10(2)13(14)15/h4-6,8-9H,3,7H2,1-2H3/b10-8-. The van der Waals surface area contributed by atoms with Crippen LogP contribution in [0.1, 0.15) is 25.8 Å². The number of nitrogens with zero attached hydrogens (tertiary/aromatic N) is 1. The second kappa shape index (κ2) is 5.90. The molecule has 0 fully saturated rings. The number of hydrogen-bond donors (Lipinski definition) is 0. The predicted octanol–water partition coefficient (Wildman–Crippen LogP) is 3.11. The van der Waals surface area contributed by atoms with Gasteiger partial charge in [0.25, 0.3) is 0 Å². The summed E-state index contributed by atoms with van der Waals surface area (Å²) in [7, 11) is 0. The second-order valence-electron chi connectivity index (χ2n) is 3.46. The summed E-state index contributed by atoms with van der Waals surface area (Å²) in [4.78, 5) is 10.1. The zero-order chi connectivity index (χ0) is 12.0. The van der Waals surface area contributed by atoms with Crippen LogP contribution >= 0.6 is 0 Å². The summed E-state index contributed by atoms with van der Waals surface area (Å²) in [5.74, 6) is 0.742. The van der Waals surface area contributed by atoms with Crippen LogP contribution in [0.3, 0.4) is 0 Å². The van der Waals surface area contributed by atoms with Gasteiger partial charge in [-0.25, -0.2) is 0 Å². The molecule has 0 atom stereocenters. The Kier molecular flexibility index (Phi) is 4.51. The van der Waals surface area contributed by atoms with Crippen LogP contribution in [0.5, 0.6) is 5.75 Å². The summed E-state index contributed by atoms with van der Waals surface area (Å²) < 4.78 is 5.44. The Bertz CT molecular complexity index is 399. The fraction of sp³-hybridized carbons (Fsp3) is 0.333. The molecule has 0 aliphatic heterocycles. The second-order valence-corrected chi connectivity index (χ2v) is 3.46. The molecule has 0 aromatic heterocycles. The smallest absolute Gasteiger partial charge is 0.243 e. The third kappa shape index (κ3) is 3.73. The quantitative estimate of drug-likeness (QED) is 0.567. The maximum absolute atomic E-state index is 10.5. The highest BCUT2D eigenvalue weighted by Gasteiger charge is 2.02. The minimum absolute atomic E-state index is 0.118. The van der Waals surface area contributed by atoms with Gasteiger partial charge < -0.3 is 4.74 Å². The molecule has 0 bridgehead atoms. The van der Waals surface area contributed by atoms with Crippen molar-refractivity contribution in [1.82, 2.24) is 0 Å². The van der Waals surface area contributed by atoms with Gasteiger partial charge >= 0.3 is 0 Å². The predicted molar refractivity (Wildman–Crippen MR) is 62.9 cm³/mol. The van der Waals surface area contributed by atoms with Crippen molar-refractivity contribution in [1.29, 1.82) is 0 Å². The maximum Gasteiger partial charge on any atom is 0.243 e. The number of ether oxygens (including phenoxy) is 1. The van der Waals surface area contributed by atoms with E-state index in [-0.39, 0.29) is 5.70 Å². The van der Waals surface area contributed by atoms with Gasteiger partial charge in [-0.05, 0) is 24.1 Å². The molecule has 0 aliphatic carbocycles. The van der Waals surface area contributed by atoms with E-state index in [1.54, 1.807) is 6.07 Å². The van der Waals surface area contributed by atoms with Crippen LogP contribution in [0, 0.1) is 10.1 Å². The Morgan fingerprint density at radius 3 is 2.94 bits per heavy atom. The zero-order valence-corrected chi connectivity index (χ0v) is 9.47. The van der Waals surface area contributed by atoms with Crippen LogP contribution in [0.2, 0.25) is 0 Å². The van der Waals surface area contributed by atoms with E-state index in [0.29, 0.717) is 6.61 Å². The lowest BCUT2D eigenvalue weighted by Crippen LogP contribution is -1.95. The first-order valence-corrected chi connectivity index (χ1v) is 5.19. The number of rotatable bonds is 5. The van der Waals surface area contributed by atoms with E-state index in [1.807, 2.05) is 25.1 Å². The molecule has 0 heterocycles. The minimum atomic E-state index is -0.403. The van der Waals surface area contributed by atoms with Crippen molar-refractivity contribution in [3.8, 4) is 5.75 Å². The summed E-state index contributed by atoms with van der Waals surface area (Å²) in [5.41, 5.74) is 0.899. The average molecular weight is 221 g/mol. The SMILES string of the molecule is CCCOc1cccc(/C=C(/C)[N+](=O)[O-])c1. The molecule has 0 saturated heterocycles. The van der Waals surface area contributed by atoms with E-state index in [1.165, 1.54) is 13.0 Å². The average Bonchev–Trinajstić information content (AvgIpc) is 2.26. The summed E-state index contributed by atoms with van der Waals surface area (Å²) >= 11 is 0. The van der Waals surface area contributed by atoms with E-state index in [2.05, 4.69) is 0 Å². The Morgan fingerprint density at radius 1 is 1.56 bits per heavy atom. The number of benzene rings is 1. The molecule has 0 amide bonds. The van der Waals surface area contributed by atoms with Crippen LogP contribution in [0.25, 0.3) is 6.08 Å². The lowest BCUT2D eigenvalue weighted by atomic mass is 10.2. The summed E-state index contributed by atoms with van der Waals surface area (Å²) in [6, 6.07) is 7.27. The monoisotopic (exact) mass is 221 g/mol. The van der Waals surface area contributed by atoms with Crippen molar-refractivity contribution in [2.45, 2.75) is 20.3 Å². The van der Waals surface area contributed by atoms with Gasteiger partial charge in [0.15, 0.2) is 0 Å². The Morgan fingerprint density at radius 2 is 2.31 bits per heavy atom. The first-order valence-electron chi connectivity index (χ1n) is 5.19. The fourth-order valence-corrected chi connectivity index (χ4v) is 1.21. The van der Waals surface area contributed by atoms with E-state index < -0.39 is 4.92 Å². The largest absolute Gasteiger partial charge is 0.494 e. The summed E-state index contributed by atoms with van der Waals surface area (Å²) in [6.07, 6.45) is 2.47. The van der Waals surface area contributed by atoms with E-state index in [4.69, 9.17) is 4.74 Å². The highest BCUT2D eigenvalue weighted by Crippen LogP contribution is 2.16. The van der Waals surface area contributed by atoms with Crippen molar-refractivity contribution in [3.63, 3.8) is 0 Å². The first-order chi connectivity index (χ1) is 7.63. The molecule has 0 saturated carbocycles. The van der Waals surface area contributed by atoms with Crippen molar-refractivity contribution in [2.24, 2.45) is 0 Å². The van der Waals surface area contributed by atoms with E-state index in [9.17, 15) is 10.1 Å². The summed E-state index contributed by atoms with van der Waals surface area (Å²) in [6.45, 7) is 4.15. The van der Waals surface area contributed by atoms with Gasteiger partial charge in [-0.15, -0.1) is 0 Å². The van der Waals surface area contributed by atoms with Crippen molar-refractivity contribution in [3.05, 3.63) is 45.6 Å². The van der Waals surface area contributed by atoms with Crippen LogP contribution in [-0.2, 0) is 0 Å². The highest BCUT2D eigenvalue weighted by molar-refractivity contribution is 5.52. The molecule has 1 aromatic rings. The molecule has 4 nitrogen and oxygen atoms in total. The zero-order valence-electron chi connectivity index (χ0n) is 9.47. The molecule has 1 rings (SSSR count).